The van der Waals surface area contributed by atoms with E-state index in [0.29, 0.717) is 10.8 Å². The number of halogens is 2. The molecule has 0 saturated heterocycles. The summed E-state index contributed by atoms with van der Waals surface area (Å²) in [6.07, 6.45) is -3.60. The minimum Gasteiger partial charge on any atom is -0.395 e. The SMILES string of the molecule is CC(C)NC(=S)Nc1ccc2c(c1)OC(F)(F)O2. The van der Waals surface area contributed by atoms with Crippen LogP contribution in [0, 0.1) is 0 Å². The summed E-state index contributed by atoms with van der Waals surface area (Å²) in [5.41, 5.74) is 0.549. The van der Waals surface area contributed by atoms with Gasteiger partial charge in [0.15, 0.2) is 16.6 Å². The van der Waals surface area contributed by atoms with Crippen LogP contribution in [0.4, 0.5) is 14.5 Å². The molecule has 0 aromatic heterocycles. The van der Waals surface area contributed by atoms with Crippen molar-refractivity contribution < 1.29 is 18.3 Å². The van der Waals surface area contributed by atoms with Gasteiger partial charge in [-0.05, 0) is 38.2 Å². The van der Waals surface area contributed by atoms with Gasteiger partial charge in [0, 0.05) is 17.8 Å². The molecule has 0 radical (unpaired) electrons. The van der Waals surface area contributed by atoms with Crippen LogP contribution in [-0.4, -0.2) is 17.4 Å². The first-order valence-electron chi connectivity index (χ1n) is 5.33. The quantitative estimate of drug-likeness (QED) is 0.812. The van der Waals surface area contributed by atoms with Crippen molar-refractivity contribution in [1.29, 1.82) is 0 Å². The van der Waals surface area contributed by atoms with Gasteiger partial charge in [-0.25, -0.2) is 0 Å². The van der Waals surface area contributed by atoms with Gasteiger partial charge in [-0.2, -0.15) is 0 Å². The van der Waals surface area contributed by atoms with Gasteiger partial charge in [0.05, 0.1) is 0 Å². The number of hydrogen-bond donors (Lipinski definition) is 2. The predicted molar refractivity (Wildman–Crippen MR) is 67.1 cm³/mol. The van der Waals surface area contributed by atoms with Gasteiger partial charge in [-0.1, -0.05) is 0 Å². The third-order valence-electron chi connectivity index (χ3n) is 2.08. The fraction of sp³-hybridized carbons (Fsp3) is 0.364. The Morgan fingerprint density at radius 3 is 2.61 bits per heavy atom. The Hall–Kier alpha value is -1.63. The smallest absolute Gasteiger partial charge is 0.395 e. The molecule has 0 bridgehead atoms. The average Bonchev–Trinajstić information content (AvgIpc) is 2.49. The maximum absolute atomic E-state index is 12.8. The second-order valence-electron chi connectivity index (χ2n) is 4.08. The highest BCUT2D eigenvalue weighted by atomic mass is 32.1. The Bertz CT molecular complexity index is 480. The van der Waals surface area contributed by atoms with Crippen molar-refractivity contribution in [2.75, 3.05) is 5.32 Å². The third kappa shape index (κ3) is 2.98. The van der Waals surface area contributed by atoms with Crippen molar-refractivity contribution in [3.63, 3.8) is 0 Å². The molecule has 0 saturated carbocycles. The number of hydrogen-bond acceptors (Lipinski definition) is 3. The highest BCUT2D eigenvalue weighted by Crippen LogP contribution is 2.42. The Morgan fingerprint density at radius 2 is 1.94 bits per heavy atom. The minimum absolute atomic E-state index is 0.00767. The molecule has 0 amide bonds. The molecule has 1 aromatic carbocycles. The summed E-state index contributed by atoms with van der Waals surface area (Å²) < 4.78 is 34.2. The number of ether oxygens (including phenoxy) is 2. The van der Waals surface area contributed by atoms with Crippen molar-refractivity contribution in [3.05, 3.63) is 18.2 Å². The molecule has 4 nitrogen and oxygen atoms in total. The summed E-state index contributed by atoms with van der Waals surface area (Å²) >= 11 is 5.04. The molecule has 7 heteroatoms. The van der Waals surface area contributed by atoms with E-state index in [2.05, 4.69) is 20.1 Å². The maximum atomic E-state index is 12.8. The van der Waals surface area contributed by atoms with Crippen molar-refractivity contribution in [1.82, 2.24) is 5.32 Å². The van der Waals surface area contributed by atoms with Crippen molar-refractivity contribution in [2.45, 2.75) is 26.2 Å². The zero-order valence-electron chi connectivity index (χ0n) is 9.79. The lowest BCUT2D eigenvalue weighted by Crippen LogP contribution is -2.33. The van der Waals surface area contributed by atoms with Crippen LogP contribution < -0.4 is 20.1 Å². The van der Waals surface area contributed by atoms with E-state index in [0.717, 1.165) is 0 Å². The van der Waals surface area contributed by atoms with E-state index in [1.54, 1.807) is 6.07 Å². The van der Waals surface area contributed by atoms with Gasteiger partial charge in [-0.15, -0.1) is 8.78 Å². The molecule has 0 atom stereocenters. The van der Waals surface area contributed by atoms with E-state index in [4.69, 9.17) is 12.2 Å². The monoisotopic (exact) mass is 274 g/mol. The molecule has 0 unspecified atom stereocenters. The van der Waals surface area contributed by atoms with Crippen LogP contribution in [0.15, 0.2) is 18.2 Å². The zero-order chi connectivity index (χ0) is 13.3. The van der Waals surface area contributed by atoms with Gasteiger partial charge in [0.2, 0.25) is 0 Å². The molecule has 98 valence electrons. The lowest BCUT2D eigenvalue weighted by atomic mass is 10.3. The fourth-order valence-electron chi connectivity index (χ4n) is 1.46. The number of benzene rings is 1. The number of thiocarbonyl (C=S) groups is 1. The number of anilines is 1. The molecule has 1 aliphatic heterocycles. The molecule has 0 aliphatic carbocycles. The molecule has 0 fully saturated rings. The Balaban J connectivity index is 2.07. The molecule has 1 aliphatic rings. The summed E-state index contributed by atoms with van der Waals surface area (Å²) in [6.45, 7) is 3.88. The second-order valence-corrected chi connectivity index (χ2v) is 4.49. The topological polar surface area (TPSA) is 42.5 Å². The van der Waals surface area contributed by atoms with E-state index in [1.165, 1.54) is 12.1 Å². The first kappa shape index (κ1) is 12.8. The van der Waals surface area contributed by atoms with Crippen LogP contribution in [0.2, 0.25) is 0 Å². The van der Waals surface area contributed by atoms with Crippen molar-refractivity contribution >= 4 is 23.0 Å². The van der Waals surface area contributed by atoms with Gasteiger partial charge in [0.25, 0.3) is 0 Å². The summed E-state index contributed by atoms with van der Waals surface area (Å²) in [5, 5.41) is 6.26. The van der Waals surface area contributed by atoms with E-state index >= 15 is 0 Å². The predicted octanol–water partition coefficient (Wildman–Crippen LogP) is 2.70. The lowest BCUT2D eigenvalue weighted by Gasteiger charge is -2.13. The van der Waals surface area contributed by atoms with Gasteiger partial charge < -0.3 is 20.1 Å². The Morgan fingerprint density at radius 1 is 1.28 bits per heavy atom. The first-order valence-corrected chi connectivity index (χ1v) is 5.74. The number of rotatable bonds is 2. The normalized spacial score (nSPS) is 15.6. The summed E-state index contributed by atoms with van der Waals surface area (Å²) in [5.74, 6) is -0.00867. The number of nitrogens with one attached hydrogen (secondary N) is 2. The van der Waals surface area contributed by atoms with E-state index < -0.39 is 6.29 Å². The number of alkyl halides is 2. The van der Waals surface area contributed by atoms with Crippen LogP contribution in [-0.2, 0) is 0 Å². The lowest BCUT2D eigenvalue weighted by molar-refractivity contribution is -0.286. The molecular formula is C11H12F2N2O2S. The fourth-order valence-corrected chi connectivity index (χ4v) is 1.81. The summed E-state index contributed by atoms with van der Waals surface area (Å²) in [7, 11) is 0. The third-order valence-corrected chi connectivity index (χ3v) is 2.30. The zero-order valence-corrected chi connectivity index (χ0v) is 10.6. The minimum atomic E-state index is -3.60. The van der Waals surface area contributed by atoms with E-state index in [-0.39, 0.29) is 17.5 Å². The molecule has 1 aromatic rings. The maximum Gasteiger partial charge on any atom is 0.586 e. The number of fused-ring (bicyclic) bond motifs is 1. The molecule has 2 rings (SSSR count). The van der Waals surface area contributed by atoms with Gasteiger partial charge >= 0.3 is 6.29 Å². The summed E-state index contributed by atoms with van der Waals surface area (Å²) in [6, 6.07) is 4.57. The molecule has 18 heavy (non-hydrogen) atoms. The Kier molecular flexibility index (Phi) is 3.25. The van der Waals surface area contributed by atoms with Crippen LogP contribution >= 0.6 is 12.2 Å². The highest BCUT2D eigenvalue weighted by Gasteiger charge is 2.43. The molecular weight excluding hydrogens is 262 g/mol. The second kappa shape index (κ2) is 4.56. The highest BCUT2D eigenvalue weighted by molar-refractivity contribution is 7.80. The standard InChI is InChI=1S/C11H12F2N2O2S/c1-6(2)14-10(18)15-7-3-4-8-9(5-7)17-11(12,13)16-8/h3-6H,1-2H3,(H2,14,15,18). The van der Waals surface area contributed by atoms with E-state index in [9.17, 15) is 8.78 Å². The van der Waals surface area contributed by atoms with Crippen LogP contribution in [0.5, 0.6) is 11.5 Å². The average molecular weight is 274 g/mol. The van der Waals surface area contributed by atoms with Crippen LogP contribution in [0.3, 0.4) is 0 Å². The van der Waals surface area contributed by atoms with E-state index in [1.807, 2.05) is 13.8 Å². The largest absolute Gasteiger partial charge is 0.586 e. The Labute approximate surface area is 108 Å². The summed E-state index contributed by atoms with van der Waals surface area (Å²) in [4.78, 5) is 0. The van der Waals surface area contributed by atoms with Crippen LogP contribution in [0.1, 0.15) is 13.8 Å². The van der Waals surface area contributed by atoms with Gasteiger partial charge in [0.1, 0.15) is 0 Å². The molecule has 0 spiro atoms. The van der Waals surface area contributed by atoms with Crippen molar-refractivity contribution in [3.8, 4) is 11.5 Å². The van der Waals surface area contributed by atoms with Gasteiger partial charge in [-0.3, -0.25) is 0 Å². The van der Waals surface area contributed by atoms with Crippen molar-refractivity contribution in [2.24, 2.45) is 0 Å². The first-order chi connectivity index (χ1) is 8.35. The molecule has 2 N–H and O–H groups in total. The molecule has 1 heterocycles. The van der Waals surface area contributed by atoms with Crippen LogP contribution in [0.25, 0.3) is 0 Å².